The Bertz CT molecular complexity index is 175. The highest BCUT2D eigenvalue weighted by molar-refractivity contribution is 6.18. The Labute approximate surface area is 78.7 Å². The van der Waals surface area contributed by atoms with Gasteiger partial charge in [-0.1, -0.05) is 0 Å². The van der Waals surface area contributed by atoms with Crippen LogP contribution in [0, 0.1) is 5.92 Å². The third-order valence-electron chi connectivity index (χ3n) is 1.98. The number of alkyl halides is 1. The van der Waals surface area contributed by atoms with Gasteiger partial charge in [-0.15, -0.1) is 11.6 Å². The van der Waals surface area contributed by atoms with Gasteiger partial charge in [-0.05, 0) is 32.6 Å². The summed E-state index contributed by atoms with van der Waals surface area (Å²) < 4.78 is 0. The summed E-state index contributed by atoms with van der Waals surface area (Å²) in [6.07, 6.45) is 3.11. The molecule has 1 aliphatic carbocycles. The highest BCUT2D eigenvalue weighted by atomic mass is 35.5. The summed E-state index contributed by atoms with van der Waals surface area (Å²) in [6.45, 7) is 3.87. The third-order valence-corrected chi connectivity index (χ3v) is 2.65. The minimum Gasteiger partial charge on any atom is -0.350 e. The van der Waals surface area contributed by atoms with E-state index in [1.54, 1.807) is 0 Å². The zero-order valence-corrected chi connectivity index (χ0v) is 8.45. The van der Waals surface area contributed by atoms with Crippen LogP contribution >= 0.6 is 11.6 Å². The zero-order valence-electron chi connectivity index (χ0n) is 7.69. The monoisotopic (exact) mass is 189 g/mol. The van der Waals surface area contributed by atoms with E-state index in [4.69, 9.17) is 11.6 Å². The Kier molecular flexibility index (Phi) is 2.99. The van der Waals surface area contributed by atoms with E-state index in [9.17, 15) is 4.79 Å². The Morgan fingerprint density at radius 3 is 2.58 bits per heavy atom. The molecular formula is C9H16ClNO. The van der Waals surface area contributed by atoms with Gasteiger partial charge in [0.1, 0.15) is 0 Å². The van der Waals surface area contributed by atoms with Crippen molar-refractivity contribution in [2.45, 2.75) is 38.6 Å². The number of carbonyl (C=O) groups excluding carboxylic acids is 1. The van der Waals surface area contributed by atoms with Crippen LogP contribution in [0.5, 0.6) is 0 Å². The Morgan fingerprint density at radius 2 is 2.17 bits per heavy atom. The quantitative estimate of drug-likeness (QED) is 0.673. The van der Waals surface area contributed by atoms with Gasteiger partial charge >= 0.3 is 0 Å². The van der Waals surface area contributed by atoms with Gasteiger partial charge in [0.15, 0.2) is 0 Å². The summed E-state index contributed by atoms with van der Waals surface area (Å²) in [5.41, 5.74) is -0.256. The molecule has 1 saturated carbocycles. The second kappa shape index (κ2) is 3.65. The van der Waals surface area contributed by atoms with Crippen molar-refractivity contribution in [3.8, 4) is 0 Å². The first-order chi connectivity index (χ1) is 5.53. The van der Waals surface area contributed by atoms with Crippen molar-refractivity contribution in [3.63, 3.8) is 0 Å². The van der Waals surface area contributed by atoms with Crippen molar-refractivity contribution in [1.82, 2.24) is 5.32 Å². The molecule has 12 heavy (non-hydrogen) atoms. The van der Waals surface area contributed by atoms with Gasteiger partial charge in [0.2, 0.25) is 5.91 Å². The average Bonchev–Trinajstić information content (AvgIpc) is 2.70. The molecule has 0 aromatic heterocycles. The summed E-state index contributed by atoms with van der Waals surface area (Å²) in [5.74, 6) is 1.25. The second-order valence-electron chi connectivity index (χ2n) is 4.21. The van der Waals surface area contributed by atoms with Crippen LogP contribution in [0.2, 0.25) is 0 Å². The molecule has 0 spiro atoms. The summed E-state index contributed by atoms with van der Waals surface area (Å²) in [7, 11) is 0. The first kappa shape index (κ1) is 9.85. The molecule has 2 nitrogen and oxygen atoms in total. The average molecular weight is 190 g/mol. The molecule has 0 heterocycles. The number of amides is 1. The number of halogens is 1. The second-order valence-corrected chi connectivity index (χ2v) is 4.48. The molecule has 70 valence electrons. The van der Waals surface area contributed by atoms with E-state index in [2.05, 4.69) is 5.32 Å². The van der Waals surface area contributed by atoms with Gasteiger partial charge in [-0.2, -0.15) is 0 Å². The lowest BCUT2D eigenvalue weighted by Crippen LogP contribution is -2.44. The molecule has 0 aromatic rings. The van der Waals surface area contributed by atoms with Gasteiger partial charge in [-0.25, -0.2) is 0 Å². The predicted octanol–water partition coefficient (Wildman–Crippen LogP) is 1.92. The molecule has 1 fully saturated rings. The summed E-state index contributed by atoms with van der Waals surface area (Å²) >= 11 is 5.67. The van der Waals surface area contributed by atoms with Gasteiger partial charge in [0, 0.05) is 17.8 Å². The molecule has 0 radical (unpaired) electrons. The lowest BCUT2D eigenvalue weighted by atomic mass is 10.1. The number of hydrogen-bond acceptors (Lipinski definition) is 1. The molecule has 0 saturated heterocycles. The van der Waals surface area contributed by atoms with Crippen LogP contribution in [0.1, 0.15) is 33.1 Å². The molecular weight excluding hydrogens is 174 g/mol. The molecule has 3 heteroatoms. The van der Waals surface area contributed by atoms with E-state index in [0.29, 0.717) is 18.2 Å². The van der Waals surface area contributed by atoms with E-state index >= 15 is 0 Å². The fraction of sp³-hybridized carbons (Fsp3) is 0.889. The van der Waals surface area contributed by atoms with Crippen LogP contribution in [-0.2, 0) is 4.79 Å². The van der Waals surface area contributed by atoms with Crippen molar-refractivity contribution in [2.75, 3.05) is 5.88 Å². The van der Waals surface area contributed by atoms with E-state index in [1.165, 1.54) is 12.8 Å². The SMILES string of the molecule is CC(C)(CCl)NC(=O)CC1CC1. The van der Waals surface area contributed by atoms with Gasteiger partial charge in [-0.3, -0.25) is 4.79 Å². The van der Waals surface area contributed by atoms with Crippen molar-refractivity contribution in [3.05, 3.63) is 0 Å². The smallest absolute Gasteiger partial charge is 0.220 e. The number of carbonyl (C=O) groups is 1. The molecule has 0 bridgehead atoms. The minimum atomic E-state index is -0.256. The topological polar surface area (TPSA) is 29.1 Å². The summed E-state index contributed by atoms with van der Waals surface area (Å²) in [5, 5.41) is 2.91. The molecule has 1 aliphatic rings. The van der Waals surface area contributed by atoms with Crippen LogP contribution in [0.4, 0.5) is 0 Å². The number of nitrogens with one attached hydrogen (secondary N) is 1. The largest absolute Gasteiger partial charge is 0.350 e. The maximum absolute atomic E-state index is 11.3. The van der Waals surface area contributed by atoms with Crippen LogP contribution in [0.25, 0.3) is 0 Å². The van der Waals surface area contributed by atoms with Gasteiger partial charge in [0.05, 0.1) is 0 Å². The molecule has 1 N–H and O–H groups in total. The molecule has 1 rings (SSSR count). The van der Waals surface area contributed by atoms with Crippen molar-refractivity contribution < 1.29 is 4.79 Å². The van der Waals surface area contributed by atoms with Crippen molar-refractivity contribution in [2.24, 2.45) is 5.92 Å². The molecule has 0 aliphatic heterocycles. The van der Waals surface area contributed by atoms with Crippen LogP contribution < -0.4 is 5.32 Å². The molecule has 1 amide bonds. The normalized spacial score (nSPS) is 17.6. The van der Waals surface area contributed by atoms with Crippen molar-refractivity contribution in [1.29, 1.82) is 0 Å². The lowest BCUT2D eigenvalue weighted by Gasteiger charge is -2.23. The first-order valence-electron chi connectivity index (χ1n) is 4.40. The lowest BCUT2D eigenvalue weighted by molar-refractivity contribution is -0.122. The Balaban J connectivity index is 2.23. The van der Waals surface area contributed by atoms with Crippen LogP contribution in [0.15, 0.2) is 0 Å². The minimum absolute atomic E-state index is 0.142. The highest BCUT2D eigenvalue weighted by Gasteiger charge is 2.26. The van der Waals surface area contributed by atoms with E-state index < -0.39 is 0 Å². The van der Waals surface area contributed by atoms with E-state index in [0.717, 1.165) is 0 Å². The molecule has 0 aromatic carbocycles. The fourth-order valence-electron chi connectivity index (χ4n) is 1.05. The Morgan fingerprint density at radius 1 is 1.58 bits per heavy atom. The first-order valence-corrected chi connectivity index (χ1v) is 4.94. The number of hydrogen-bond donors (Lipinski definition) is 1. The van der Waals surface area contributed by atoms with E-state index in [1.807, 2.05) is 13.8 Å². The zero-order chi connectivity index (χ0) is 9.19. The maximum Gasteiger partial charge on any atom is 0.220 e. The van der Waals surface area contributed by atoms with Gasteiger partial charge in [0.25, 0.3) is 0 Å². The highest BCUT2D eigenvalue weighted by Crippen LogP contribution is 2.32. The predicted molar refractivity (Wildman–Crippen MR) is 50.3 cm³/mol. The van der Waals surface area contributed by atoms with Crippen molar-refractivity contribution >= 4 is 17.5 Å². The standard InChI is InChI=1S/C9H16ClNO/c1-9(2,6-10)11-8(12)5-7-3-4-7/h7H,3-6H2,1-2H3,(H,11,12). The van der Waals surface area contributed by atoms with Crippen LogP contribution in [0.3, 0.4) is 0 Å². The van der Waals surface area contributed by atoms with Crippen LogP contribution in [-0.4, -0.2) is 17.3 Å². The number of rotatable bonds is 4. The maximum atomic E-state index is 11.3. The third kappa shape index (κ3) is 3.44. The summed E-state index contributed by atoms with van der Waals surface area (Å²) in [4.78, 5) is 11.3. The molecule has 0 atom stereocenters. The Hall–Kier alpha value is -0.240. The van der Waals surface area contributed by atoms with Gasteiger partial charge < -0.3 is 5.32 Å². The molecule has 0 unspecified atom stereocenters. The fourth-order valence-corrected chi connectivity index (χ4v) is 1.11. The van der Waals surface area contributed by atoms with E-state index in [-0.39, 0.29) is 11.4 Å². The summed E-state index contributed by atoms with van der Waals surface area (Å²) in [6, 6.07) is 0.